The van der Waals surface area contributed by atoms with E-state index < -0.39 is 4.92 Å². The monoisotopic (exact) mass is 188 g/mol. The number of nitrogens with zero attached hydrogens (tertiary/aromatic N) is 2. The Hall–Kier alpha value is -1.36. The quantitative estimate of drug-likeness (QED) is 0.288. The van der Waals surface area contributed by atoms with E-state index >= 15 is 0 Å². The molecule has 0 unspecified atom stereocenters. The molecule has 1 aromatic heterocycles. The van der Waals surface area contributed by atoms with Crippen LogP contribution in [0.3, 0.4) is 0 Å². The SMILES string of the molecule is Cc1cc([N+](=O)[O-])c(Cl)c[n+]1[O-]. The van der Waals surface area contributed by atoms with Gasteiger partial charge in [-0.3, -0.25) is 10.1 Å². The summed E-state index contributed by atoms with van der Waals surface area (Å²) < 4.78 is 0.481. The Labute approximate surface area is 72.9 Å². The van der Waals surface area contributed by atoms with Crippen molar-refractivity contribution < 1.29 is 9.65 Å². The van der Waals surface area contributed by atoms with Crippen molar-refractivity contribution in [2.45, 2.75) is 6.92 Å². The third kappa shape index (κ3) is 1.45. The van der Waals surface area contributed by atoms with Crippen LogP contribution < -0.4 is 4.73 Å². The molecule has 0 N–H and O–H groups in total. The van der Waals surface area contributed by atoms with Crippen molar-refractivity contribution in [1.82, 2.24) is 0 Å². The minimum absolute atomic E-state index is 0.152. The molecule has 5 nitrogen and oxygen atoms in total. The van der Waals surface area contributed by atoms with Gasteiger partial charge < -0.3 is 5.21 Å². The van der Waals surface area contributed by atoms with Gasteiger partial charge in [-0.05, 0) is 0 Å². The van der Waals surface area contributed by atoms with Crippen LogP contribution in [0.5, 0.6) is 0 Å². The molecule has 1 aromatic rings. The molecule has 0 aliphatic carbocycles. The van der Waals surface area contributed by atoms with E-state index in [0.29, 0.717) is 4.73 Å². The number of halogens is 1. The lowest BCUT2D eigenvalue weighted by molar-refractivity contribution is -0.612. The summed E-state index contributed by atoms with van der Waals surface area (Å²) >= 11 is 5.43. The smallest absolute Gasteiger partial charge is 0.300 e. The van der Waals surface area contributed by atoms with Gasteiger partial charge in [0.2, 0.25) is 6.20 Å². The molecule has 1 rings (SSSR count). The second kappa shape index (κ2) is 2.94. The molecule has 0 saturated carbocycles. The van der Waals surface area contributed by atoms with Crippen molar-refractivity contribution in [3.8, 4) is 0 Å². The van der Waals surface area contributed by atoms with Crippen molar-refractivity contribution in [3.63, 3.8) is 0 Å². The fraction of sp³-hybridized carbons (Fsp3) is 0.167. The summed E-state index contributed by atoms with van der Waals surface area (Å²) in [4.78, 5) is 9.67. The highest BCUT2D eigenvalue weighted by Crippen LogP contribution is 2.21. The van der Waals surface area contributed by atoms with Crippen molar-refractivity contribution in [2.75, 3.05) is 0 Å². The molecule has 0 atom stereocenters. The molecule has 12 heavy (non-hydrogen) atoms. The van der Waals surface area contributed by atoms with Crippen molar-refractivity contribution in [1.29, 1.82) is 0 Å². The average Bonchev–Trinajstić information content (AvgIpc) is 1.96. The highest BCUT2D eigenvalue weighted by molar-refractivity contribution is 6.32. The Morgan fingerprint density at radius 1 is 1.67 bits per heavy atom. The first-order valence-electron chi connectivity index (χ1n) is 3.06. The van der Waals surface area contributed by atoms with E-state index in [1.807, 2.05) is 0 Å². The van der Waals surface area contributed by atoms with Crippen molar-refractivity contribution in [3.05, 3.63) is 38.3 Å². The highest BCUT2D eigenvalue weighted by atomic mass is 35.5. The Bertz CT molecular complexity index is 340. The lowest BCUT2D eigenvalue weighted by Gasteiger charge is -1.99. The molecule has 64 valence electrons. The van der Waals surface area contributed by atoms with Crippen LogP contribution in [-0.4, -0.2) is 4.92 Å². The number of hydrogen-bond acceptors (Lipinski definition) is 3. The first-order valence-corrected chi connectivity index (χ1v) is 3.44. The number of hydrogen-bond donors (Lipinski definition) is 0. The first kappa shape index (κ1) is 8.73. The summed E-state index contributed by atoms with van der Waals surface area (Å²) in [5.41, 5.74) is -0.00707. The molecule has 0 radical (unpaired) electrons. The maximum absolute atomic E-state index is 10.8. The zero-order chi connectivity index (χ0) is 9.30. The Kier molecular flexibility index (Phi) is 2.14. The molecular weight excluding hydrogens is 184 g/mol. The molecule has 0 aliphatic heterocycles. The third-order valence-corrected chi connectivity index (χ3v) is 1.66. The van der Waals surface area contributed by atoms with Gasteiger partial charge in [0, 0.05) is 6.92 Å². The number of aryl methyl sites for hydroxylation is 1. The van der Waals surface area contributed by atoms with Crippen LogP contribution >= 0.6 is 11.6 Å². The zero-order valence-corrected chi connectivity index (χ0v) is 6.91. The van der Waals surface area contributed by atoms with Crippen molar-refractivity contribution >= 4 is 17.3 Å². The fourth-order valence-corrected chi connectivity index (χ4v) is 0.953. The maximum Gasteiger partial charge on any atom is 0.300 e. The van der Waals surface area contributed by atoms with Gasteiger partial charge in [0.1, 0.15) is 0 Å². The Morgan fingerprint density at radius 2 is 2.25 bits per heavy atom. The van der Waals surface area contributed by atoms with E-state index in [4.69, 9.17) is 11.6 Å². The second-order valence-electron chi connectivity index (χ2n) is 2.23. The van der Waals surface area contributed by atoms with Crippen LogP contribution in [0.2, 0.25) is 5.02 Å². The molecule has 0 amide bonds. The second-order valence-corrected chi connectivity index (χ2v) is 2.64. The molecule has 0 bridgehead atoms. The Morgan fingerprint density at radius 3 is 2.75 bits per heavy atom. The molecule has 6 heteroatoms. The van der Waals surface area contributed by atoms with E-state index in [9.17, 15) is 15.3 Å². The van der Waals surface area contributed by atoms with Gasteiger partial charge in [-0.2, -0.15) is 4.73 Å². The molecule has 1 heterocycles. The Balaban J connectivity index is 3.33. The summed E-state index contributed by atoms with van der Waals surface area (Å²) in [7, 11) is 0. The first-order chi connectivity index (χ1) is 5.52. The van der Waals surface area contributed by atoms with Crippen LogP contribution in [0.4, 0.5) is 5.69 Å². The summed E-state index contributed by atoms with van der Waals surface area (Å²) in [6, 6.07) is 1.13. The molecule has 0 fully saturated rings. The lowest BCUT2D eigenvalue weighted by Crippen LogP contribution is -2.29. The van der Waals surface area contributed by atoms with E-state index in [1.165, 1.54) is 6.92 Å². The molecule has 0 saturated heterocycles. The van der Waals surface area contributed by atoms with Crippen LogP contribution in [0.25, 0.3) is 0 Å². The normalized spacial score (nSPS) is 9.83. The third-order valence-electron chi connectivity index (χ3n) is 1.37. The van der Waals surface area contributed by atoms with Crippen molar-refractivity contribution in [2.24, 2.45) is 0 Å². The van der Waals surface area contributed by atoms with E-state index in [1.54, 1.807) is 0 Å². The van der Waals surface area contributed by atoms with Gasteiger partial charge in [-0.1, -0.05) is 11.6 Å². The van der Waals surface area contributed by atoms with E-state index in [-0.39, 0.29) is 16.4 Å². The summed E-state index contributed by atoms with van der Waals surface area (Å²) in [6.45, 7) is 1.47. The van der Waals surface area contributed by atoms with Gasteiger partial charge in [0.05, 0.1) is 11.0 Å². The molecule has 0 spiro atoms. The largest absolute Gasteiger partial charge is 0.618 e. The number of nitro groups is 1. The van der Waals surface area contributed by atoms with Crippen LogP contribution in [0.15, 0.2) is 12.3 Å². The van der Waals surface area contributed by atoms with E-state index in [0.717, 1.165) is 12.3 Å². The summed E-state index contributed by atoms with van der Waals surface area (Å²) in [6.07, 6.45) is 0.967. The van der Waals surface area contributed by atoms with E-state index in [2.05, 4.69) is 0 Å². The molecular formula is C6H5ClN2O3. The highest BCUT2D eigenvalue weighted by Gasteiger charge is 2.17. The minimum Gasteiger partial charge on any atom is -0.618 e. The molecule has 0 aliphatic rings. The minimum atomic E-state index is -0.630. The van der Waals surface area contributed by atoms with Crippen LogP contribution in [0.1, 0.15) is 5.69 Å². The van der Waals surface area contributed by atoms with Gasteiger partial charge in [0.25, 0.3) is 5.69 Å². The average molecular weight is 189 g/mol. The zero-order valence-electron chi connectivity index (χ0n) is 6.15. The number of aromatic nitrogens is 1. The predicted molar refractivity (Wildman–Crippen MR) is 41.8 cm³/mol. The summed E-state index contributed by atoms with van der Waals surface area (Å²) in [5, 5.41) is 21.0. The fourth-order valence-electron chi connectivity index (χ4n) is 0.741. The number of rotatable bonds is 1. The molecule has 0 aromatic carbocycles. The predicted octanol–water partition coefficient (Wildman–Crippen LogP) is 1.19. The topological polar surface area (TPSA) is 70.1 Å². The standard InChI is InChI=1S/C6H5ClN2O3/c1-4-2-6(9(11)12)5(7)3-8(4)10/h2-3H,1H3. The lowest BCUT2D eigenvalue weighted by atomic mass is 10.3. The number of pyridine rings is 1. The van der Waals surface area contributed by atoms with Gasteiger partial charge in [-0.15, -0.1) is 0 Å². The maximum atomic E-state index is 10.8. The van der Waals surface area contributed by atoms with Crippen LogP contribution in [-0.2, 0) is 0 Å². The van der Waals surface area contributed by atoms with Gasteiger partial charge in [0.15, 0.2) is 10.7 Å². The summed E-state index contributed by atoms with van der Waals surface area (Å²) in [5.74, 6) is 0. The van der Waals surface area contributed by atoms with Gasteiger partial charge >= 0.3 is 0 Å². The van der Waals surface area contributed by atoms with Gasteiger partial charge in [-0.25, -0.2) is 0 Å². The van der Waals surface area contributed by atoms with Crippen LogP contribution in [0, 0.1) is 22.2 Å².